The molecule has 0 saturated carbocycles. The van der Waals surface area contributed by atoms with E-state index in [1.54, 1.807) is 16.4 Å². The lowest BCUT2D eigenvalue weighted by atomic mass is 9.98. The molecule has 2 heterocycles. The van der Waals surface area contributed by atoms with Crippen molar-refractivity contribution in [2.75, 3.05) is 26.2 Å². The lowest BCUT2D eigenvalue weighted by molar-refractivity contribution is -0.130. The molecule has 6 nitrogen and oxygen atoms in total. The van der Waals surface area contributed by atoms with Crippen LogP contribution in [-0.4, -0.2) is 51.0 Å². The molecule has 1 aromatic rings. The number of nitrogens with zero attached hydrogens (tertiary/aromatic N) is 1. The summed E-state index contributed by atoms with van der Waals surface area (Å²) in [6.07, 6.45) is 2.95. The molecular weight excluding hydrogens is 340 g/mol. The number of aryl methyl sites for hydroxylation is 1. The van der Waals surface area contributed by atoms with Gasteiger partial charge in [-0.05, 0) is 50.7 Å². The first kappa shape index (κ1) is 18.4. The maximum Gasteiger partial charge on any atom is 0.249 e. The quantitative estimate of drug-likeness (QED) is 0.860. The summed E-state index contributed by atoms with van der Waals surface area (Å²) in [7, 11) is -3.42. The van der Waals surface area contributed by atoms with E-state index in [0.29, 0.717) is 37.1 Å². The smallest absolute Gasteiger partial charge is 0.249 e. The zero-order valence-electron chi connectivity index (χ0n) is 14.6. The lowest BCUT2D eigenvalue weighted by Crippen LogP contribution is -2.43. The van der Waals surface area contributed by atoms with Crippen LogP contribution in [0.4, 0.5) is 0 Å². The van der Waals surface area contributed by atoms with Gasteiger partial charge in [0.15, 0.2) is 0 Å². The first-order valence-electron chi connectivity index (χ1n) is 8.93. The Morgan fingerprint density at radius 3 is 2.48 bits per heavy atom. The number of hydrogen-bond acceptors (Lipinski definition) is 4. The number of piperidine rings is 1. The van der Waals surface area contributed by atoms with Crippen molar-refractivity contribution in [1.29, 1.82) is 0 Å². The first-order valence-corrected chi connectivity index (χ1v) is 10.4. The van der Waals surface area contributed by atoms with Gasteiger partial charge in [-0.15, -0.1) is 0 Å². The van der Waals surface area contributed by atoms with Crippen molar-refractivity contribution in [2.45, 2.75) is 43.6 Å². The van der Waals surface area contributed by atoms with Crippen molar-refractivity contribution in [3.05, 3.63) is 29.8 Å². The van der Waals surface area contributed by atoms with E-state index >= 15 is 0 Å². The highest BCUT2D eigenvalue weighted by molar-refractivity contribution is 7.89. The summed E-state index contributed by atoms with van der Waals surface area (Å²) in [4.78, 5) is 12.3. The van der Waals surface area contributed by atoms with Crippen LogP contribution < -0.4 is 5.32 Å². The second kappa shape index (κ2) is 7.85. The highest BCUT2D eigenvalue weighted by Crippen LogP contribution is 2.24. The van der Waals surface area contributed by atoms with E-state index in [9.17, 15) is 13.2 Å². The Labute approximate surface area is 149 Å². The first-order chi connectivity index (χ1) is 12.0. The molecule has 138 valence electrons. The van der Waals surface area contributed by atoms with Gasteiger partial charge < -0.3 is 10.1 Å². The van der Waals surface area contributed by atoms with E-state index in [4.69, 9.17) is 4.74 Å². The fourth-order valence-corrected chi connectivity index (χ4v) is 4.83. The Kier molecular flexibility index (Phi) is 5.76. The second-order valence-electron chi connectivity index (χ2n) is 6.91. The molecule has 1 atom stereocenters. The van der Waals surface area contributed by atoms with Crippen LogP contribution in [0, 0.1) is 12.8 Å². The number of benzene rings is 1. The minimum Gasteiger partial charge on any atom is -0.368 e. The average Bonchev–Trinajstić information content (AvgIpc) is 3.15. The van der Waals surface area contributed by atoms with Crippen molar-refractivity contribution in [3.63, 3.8) is 0 Å². The van der Waals surface area contributed by atoms with E-state index in [0.717, 1.165) is 31.2 Å². The Balaban J connectivity index is 1.49. The van der Waals surface area contributed by atoms with Crippen LogP contribution in [0.1, 0.15) is 31.2 Å². The van der Waals surface area contributed by atoms with Crippen molar-refractivity contribution >= 4 is 15.9 Å². The van der Waals surface area contributed by atoms with Gasteiger partial charge in [0.25, 0.3) is 0 Å². The SMILES string of the molecule is Cc1ccc(S(=O)(=O)N2CCC(CNC(=O)[C@@H]3CCCO3)CC2)cc1. The fraction of sp³-hybridized carbons (Fsp3) is 0.611. The molecule has 25 heavy (non-hydrogen) atoms. The summed E-state index contributed by atoms with van der Waals surface area (Å²) in [5, 5.41) is 2.95. The molecule has 1 N–H and O–H groups in total. The third-order valence-electron chi connectivity index (χ3n) is 5.02. The van der Waals surface area contributed by atoms with Gasteiger partial charge in [0.2, 0.25) is 15.9 Å². The van der Waals surface area contributed by atoms with E-state index in [-0.39, 0.29) is 12.0 Å². The molecule has 0 bridgehead atoms. The maximum absolute atomic E-state index is 12.7. The average molecular weight is 366 g/mol. The summed E-state index contributed by atoms with van der Waals surface area (Å²) >= 11 is 0. The number of ether oxygens (including phenoxy) is 1. The van der Waals surface area contributed by atoms with Crippen LogP contribution in [0.25, 0.3) is 0 Å². The zero-order chi connectivity index (χ0) is 17.9. The predicted molar refractivity (Wildman–Crippen MR) is 94.6 cm³/mol. The number of sulfonamides is 1. The summed E-state index contributed by atoms with van der Waals surface area (Å²) in [5.41, 5.74) is 1.04. The van der Waals surface area contributed by atoms with Gasteiger partial charge in [0.05, 0.1) is 4.90 Å². The van der Waals surface area contributed by atoms with Crippen molar-refractivity contribution < 1.29 is 17.9 Å². The van der Waals surface area contributed by atoms with Gasteiger partial charge in [-0.3, -0.25) is 4.79 Å². The van der Waals surface area contributed by atoms with Crippen molar-refractivity contribution in [3.8, 4) is 0 Å². The molecule has 0 aromatic heterocycles. The molecule has 7 heteroatoms. The number of carbonyl (C=O) groups is 1. The Morgan fingerprint density at radius 2 is 1.88 bits per heavy atom. The van der Waals surface area contributed by atoms with Gasteiger partial charge in [-0.2, -0.15) is 4.31 Å². The van der Waals surface area contributed by atoms with E-state index in [1.165, 1.54) is 0 Å². The minimum absolute atomic E-state index is 0.0350. The Hall–Kier alpha value is -1.44. The number of hydrogen-bond donors (Lipinski definition) is 1. The highest BCUT2D eigenvalue weighted by Gasteiger charge is 2.30. The van der Waals surface area contributed by atoms with Crippen LogP contribution in [0.3, 0.4) is 0 Å². The molecule has 2 aliphatic rings. The molecule has 0 spiro atoms. The third kappa shape index (κ3) is 4.40. The van der Waals surface area contributed by atoms with E-state index < -0.39 is 10.0 Å². The van der Waals surface area contributed by atoms with Crippen LogP contribution in [0.2, 0.25) is 0 Å². The molecule has 2 fully saturated rings. The number of nitrogens with one attached hydrogen (secondary N) is 1. The molecule has 2 aliphatic heterocycles. The summed E-state index contributed by atoms with van der Waals surface area (Å²) < 4.78 is 32.3. The van der Waals surface area contributed by atoms with Gasteiger partial charge in [0.1, 0.15) is 6.10 Å². The van der Waals surface area contributed by atoms with E-state index in [1.807, 2.05) is 19.1 Å². The molecule has 1 amide bonds. The maximum atomic E-state index is 12.7. The summed E-state index contributed by atoms with van der Waals surface area (Å²) in [6.45, 7) is 4.19. The Bertz CT molecular complexity index is 688. The molecular formula is C18H26N2O4S. The minimum atomic E-state index is -3.42. The van der Waals surface area contributed by atoms with Crippen LogP contribution in [0.5, 0.6) is 0 Å². The summed E-state index contributed by atoms with van der Waals surface area (Å²) in [6, 6.07) is 6.97. The zero-order valence-corrected chi connectivity index (χ0v) is 15.4. The highest BCUT2D eigenvalue weighted by atomic mass is 32.2. The van der Waals surface area contributed by atoms with Crippen molar-refractivity contribution in [1.82, 2.24) is 9.62 Å². The van der Waals surface area contributed by atoms with E-state index in [2.05, 4.69) is 5.32 Å². The van der Waals surface area contributed by atoms with Crippen LogP contribution in [-0.2, 0) is 19.6 Å². The predicted octanol–water partition coefficient (Wildman–Crippen LogP) is 1.69. The standard InChI is InChI=1S/C18H26N2O4S/c1-14-4-6-16(7-5-14)25(22,23)20-10-8-15(9-11-20)13-19-18(21)17-3-2-12-24-17/h4-7,15,17H,2-3,8-13H2,1H3,(H,19,21)/t17-/m0/s1. The number of amides is 1. The second-order valence-corrected chi connectivity index (χ2v) is 8.85. The molecule has 1 aromatic carbocycles. The molecule has 2 saturated heterocycles. The molecule has 0 unspecified atom stereocenters. The van der Waals surface area contributed by atoms with Gasteiger partial charge in [-0.1, -0.05) is 17.7 Å². The molecule has 3 rings (SSSR count). The van der Waals surface area contributed by atoms with Gasteiger partial charge in [-0.25, -0.2) is 8.42 Å². The van der Waals surface area contributed by atoms with Gasteiger partial charge >= 0.3 is 0 Å². The number of carbonyl (C=O) groups excluding carboxylic acids is 1. The monoisotopic (exact) mass is 366 g/mol. The lowest BCUT2D eigenvalue weighted by Gasteiger charge is -2.31. The third-order valence-corrected chi connectivity index (χ3v) is 6.93. The largest absolute Gasteiger partial charge is 0.368 e. The topological polar surface area (TPSA) is 75.7 Å². The Morgan fingerprint density at radius 1 is 1.20 bits per heavy atom. The van der Waals surface area contributed by atoms with Crippen molar-refractivity contribution in [2.24, 2.45) is 5.92 Å². The molecule has 0 radical (unpaired) electrons. The van der Waals surface area contributed by atoms with Crippen LogP contribution in [0.15, 0.2) is 29.2 Å². The molecule has 0 aliphatic carbocycles. The summed E-state index contributed by atoms with van der Waals surface area (Å²) in [5.74, 6) is 0.280. The fourth-order valence-electron chi connectivity index (χ4n) is 3.36. The normalized spacial score (nSPS) is 22.8. The van der Waals surface area contributed by atoms with Crippen LogP contribution >= 0.6 is 0 Å². The number of rotatable bonds is 5. The van der Waals surface area contributed by atoms with Gasteiger partial charge in [0, 0.05) is 26.2 Å².